The second kappa shape index (κ2) is 10.5. The van der Waals surface area contributed by atoms with Gasteiger partial charge in [0.05, 0.1) is 32.8 Å². The second-order valence-electron chi connectivity index (χ2n) is 6.80. The van der Waals surface area contributed by atoms with Gasteiger partial charge in [-0.2, -0.15) is 0 Å². The molecule has 0 saturated heterocycles. The highest BCUT2D eigenvalue weighted by molar-refractivity contribution is 5.79. The van der Waals surface area contributed by atoms with Gasteiger partial charge in [-0.3, -0.25) is 9.59 Å². The zero-order valence-electron chi connectivity index (χ0n) is 17.2. The Kier molecular flexibility index (Phi) is 8.03. The van der Waals surface area contributed by atoms with Gasteiger partial charge in [-0.15, -0.1) is 0 Å². The predicted molar refractivity (Wildman–Crippen MR) is 110 cm³/mol. The second-order valence-corrected chi connectivity index (χ2v) is 6.80. The lowest BCUT2D eigenvalue weighted by atomic mass is 10.0. The van der Waals surface area contributed by atoms with Gasteiger partial charge in [0.2, 0.25) is 11.8 Å². The topological polar surface area (TPSA) is 96.9 Å². The molecular weight excluding hydrogens is 372 g/mol. The summed E-state index contributed by atoms with van der Waals surface area (Å²) in [6.45, 7) is 3.39. The van der Waals surface area contributed by atoms with Gasteiger partial charge in [0.15, 0.2) is 0 Å². The van der Waals surface area contributed by atoms with E-state index in [1.165, 1.54) is 21.1 Å². The largest absolute Gasteiger partial charge is 0.497 e. The lowest BCUT2D eigenvalue weighted by molar-refractivity contribution is -0.123. The molecule has 2 aromatic carbocycles. The summed E-state index contributed by atoms with van der Waals surface area (Å²) in [6, 6.07) is 12.3. The number of ether oxygens (including phenoxy) is 2. The summed E-state index contributed by atoms with van der Waals surface area (Å²) in [5.74, 6) is 0.578. The molecule has 0 fully saturated rings. The van der Waals surface area contributed by atoms with E-state index in [-0.39, 0.29) is 24.8 Å². The summed E-state index contributed by atoms with van der Waals surface area (Å²) in [7, 11) is 3.04. The molecule has 0 spiro atoms. The van der Waals surface area contributed by atoms with Gasteiger partial charge >= 0.3 is 0 Å². The van der Waals surface area contributed by atoms with E-state index in [2.05, 4.69) is 10.6 Å². The average Bonchev–Trinajstić information content (AvgIpc) is 2.71. The fourth-order valence-corrected chi connectivity index (χ4v) is 2.97. The van der Waals surface area contributed by atoms with Crippen LogP contribution in [-0.4, -0.2) is 37.7 Å². The van der Waals surface area contributed by atoms with Crippen LogP contribution in [0.25, 0.3) is 0 Å². The highest BCUT2D eigenvalue weighted by Crippen LogP contribution is 2.29. The molecule has 2 amide bonds. The molecule has 0 heterocycles. The Hall–Kier alpha value is -3.06. The first-order valence-corrected chi connectivity index (χ1v) is 9.34. The molecular formula is C22H28N2O5. The maximum atomic E-state index is 12.5. The Morgan fingerprint density at radius 2 is 1.76 bits per heavy atom. The van der Waals surface area contributed by atoms with Crippen LogP contribution >= 0.6 is 0 Å². The number of carbonyl (C=O) groups is 2. The SMILES string of the molecule is COc1ccc(OC)c(C(O)CNC(=O)CC(NC(C)=O)c2ccc(C)cc2)c1. The number of aliphatic hydroxyl groups is 1. The minimum Gasteiger partial charge on any atom is -0.497 e. The van der Waals surface area contributed by atoms with Gasteiger partial charge in [0.1, 0.15) is 11.5 Å². The van der Waals surface area contributed by atoms with E-state index in [0.717, 1.165) is 11.1 Å². The third-order valence-corrected chi connectivity index (χ3v) is 4.54. The number of amides is 2. The predicted octanol–water partition coefficient (Wildman–Crippen LogP) is 2.43. The van der Waals surface area contributed by atoms with E-state index >= 15 is 0 Å². The summed E-state index contributed by atoms with van der Waals surface area (Å²) in [5.41, 5.74) is 2.45. The van der Waals surface area contributed by atoms with Crippen molar-refractivity contribution in [2.75, 3.05) is 20.8 Å². The van der Waals surface area contributed by atoms with Gasteiger partial charge in [0, 0.05) is 19.0 Å². The van der Waals surface area contributed by atoms with Gasteiger partial charge < -0.3 is 25.2 Å². The average molecular weight is 400 g/mol. The maximum Gasteiger partial charge on any atom is 0.222 e. The Morgan fingerprint density at radius 3 is 2.34 bits per heavy atom. The molecule has 156 valence electrons. The van der Waals surface area contributed by atoms with E-state index in [0.29, 0.717) is 17.1 Å². The van der Waals surface area contributed by atoms with Crippen molar-refractivity contribution in [3.8, 4) is 11.5 Å². The molecule has 0 saturated carbocycles. The van der Waals surface area contributed by atoms with Gasteiger partial charge in [-0.1, -0.05) is 29.8 Å². The number of rotatable bonds is 9. The van der Waals surface area contributed by atoms with Crippen LogP contribution in [0.5, 0.6) is 11.5 Å². The first kappa shape index (κ1) is 22.2. The van der Waals surface area contributed by atoms with Crippen LogP contribution in [0, 0.1) is 6.92 Å². The van der Waals surface area contributed by atoms with Crippen molar-refractivity contribution in [3.63, 3.8) is 0 Å². The number of hydrogen-bond donors (Lipinski definition) is 3. The van der Waals surface area contributed by atoms with Crippen LogP contribution in [0.3, 0.4) is 0 Å². The summed E-state index contributed by atoms with van der Waals surface area (Å²) < 4.78 is 10.5. The van der Waals surface area contributed by atoms with Crippen LogP contribution in [0.15, 0.2) is 42.5 Å². The molecule has 2 unspecified atom stereocenters. The van der Waals surface area contributed by atoms with Crippen LogP contribution < -0.4 is 20.1 Å². The number of nitrogens with one attached hydrogen (secondary N) is 2. The first-order valence-electron chi connectivity index (χ1n) is 9.34. The Morgan fingerprint density at radius 1 is 1.07 bits per heavy atom. The van der Waals surface area contributed by atoms with E-state index in [4.69, 9.17) is 9.47 Å². The quantitative estimate of drug-likeness (QED) is 0.601. The molecule has 7 heteroatoms. The minimum atomic E-state index is -0.970. The third-order valence-electron chi connectivity index (χ3n) is 4.54. The van der Waals surface area contributed by atoms with Crippen LogP contribution in [0.1, 0.15) is 42.2 Å². The minimum absolute atomic E-state index is 0.00303. The molecule has 2 rings (SSSR count). The van der Waals surface area contributed by atoms with Crippen molar-refractivity contribution in [2.45, 2.75) is 32.4 Å². The summed E-state index contributed by atoms with van der Waals surface area (Å²) in [4.78, 5) is 24.0. The smallest absolute Gasteiger partial charge is 0.222 e. The van der Waals surface area contributed by atoms with Gasteiger partial charge in [-0.25, -0.2) is 0 Å². The molecule has 0 aliphatic rings. The fraction of sp³-hybridized carbons (Fsp3) is 0.364. The number of carbonyl (C=O) groups excluding carboxylic acids is 2. The van der Waals surface area contributed by atoms with Crippen molar-refractivity contribution in [1.29, 1.82) is 0 Å². The van der Waals surface area contributed by atoms with Crippen molar-refractivity contribution < 1.29 is 24.2 Å². The van der Waals surface area contributed by atoms with Crippen molar-refractivity contribution >= 4 is 11.8 Å². The molecule has 2 aromatic rings. The molecule has 3 N–H and O–H groups in total. The Labute approximate surface area is 171 Å². The number of aliphatic hydroxyl groups excluding tert-OH is 1. The molecule has 0 aliphatic carbocycles. The van der Waals surface area contributed by atoms with Gasteiger partial charge in [-0.05, 0) is 30.7 Å². The maximum absolute atomic E-state index is 12.5. The number of methoxy groups -OCH3 is 2. The summed E-state index contributed by atoms with van der Waals surface area (Å²) in [6.07, 6.45) is -0.910. The van der Waals surface area contributed by atoms with Crippen LogP contribution in [0.2, 0.25) is 0 Å². The van der Waals surface area contributed by atoms with E-state index in [9.17, 15) is 14.7 Å². The lowest BCUT2D eigenvalue weighted by Gasteiger charge is -2.20. The van der Waals surface area contributed by atoms with Crippen molar-refractivity contribution in [2.24, 2.45) is 0 Å². The summed E-state index contributed by atoms with van der Waals surface area (Å²) in [5, 5.41) is 16.0. The molecule has 0 aromatic heterocycles. The number of aryl methyl sites for hydroxylation is 1. The molecule has 0 aliphatic heterocycles. The number of hydrogen-bond acceptors (Lipinski definition) is 5. The Bertz CT molecular complexity index is 836. The van der Waals surface area contributed by atoms with Crippen molar-refractivity contribution in [3.05, 3.63) is 59.2 Å². The zero-order valence-corrected chi connectivity index (χ0v) is 17.2. The van der Waals surface area contributed by atoms with E-state index in [1.807, 2.05) is 31.2 Å². The zero-order chi connectivity index (χ0) is 21.4. The molecule has 29 heavy (non-hydrogen) atoms. The monoisotopic (exact) mass is 400 g/mol. The van der Waals surface area contributed by atoms with E-state index in [1.54, 1.807) is 18.2 Å². The molecule has 2 atom stereocenters. The standard InChI is InChI=1S/C22H28N2O5/c1-14-5-7-16(8-6-14)19(24-15(2)25)12-22(27)23-13-20(26)18-11-17(28-3)9-10-21(18)29-4/h5-11,19-20,26H,12-13H2,1-4H3,(H,23,27)(H,24,25). The molecule has 0 radical (unpaired) electrons. The molecule has 0 bridgehead atoms. The molecule has 7 nitrogen and oxygen atoms in total. The van der Waals surface area contributed by atoms with Crippen LogP contribution in [-0.2, 0) is 9.59 Å². The van der Waals surface area contributed by atoms with Crippen LogP contribution in [0.4, 0.5) is 0 Å². The highest BCUT2D eigenvalue weighted by Gasteiger charge is 2.19. The highest BCUT2D eigenvalue weighted by atomic mass is 16.5. The first-order chi connectivity index (χ1) is 13.8. The van der Waals surface area contributed by atoms with Crippen molar-refractivity contribution in [1.82, 2.24) is 10.6 Å². The summed E-state index contributed by atoms with van der Waals surface area (Å²) >= 11 is 0. The number of benzene rings is 2. The lowest BCUT2D eigenvalue weighted by Crippen LogP contribution is -2.34. The fourth-order valence-electron chi connectivity index (χ4n) is 2.97. The van der Waals surface area contributed by atoms with Gasteiger partial charge in [0.25, 0.3) is 0 Å². The Balaban J connectivity index is 2.03. The third kappa shape index (κ3) is 6.50. The van der Waals surface area contributed by atoms with E-state index < -0.39 is 12.1 Å². The normalized spacial score (nSPS) is 12.6.